The van der Waals surface area contributed by atoms with E-state index >= 15 is 0 Å². The summed E-state index contributed by atoms with van der Waals surface area (Å²) in [4.78, 5) is 30.4. The van der Waals surface area contributed by atoms with Gasteiger partial charge in [-0.1, -0.05) is 11.8 Å². The molecule has 1 heterocycles. The van der Waals surface area contributed by atoms with Crippen LogP contribution in [-0.2, 0) is 9.59 Å². The molecular formula is C19H18FN3O3S. The molecule has 2 aromatic carbocycles. The maximum atomic E-state index is 13.0. The third-order valence-corrected chi connectivity index (χ3v) is 5.15. The van der Waals surface area contributed by atoms with Gasteiger partial charge in [-0.15, -0.1) is 0 Å². The molecule has 27 heavy (non-hydrogen) atoms. The number of anilines is 2. The number of hydrogen-bond acceptors (Lipinski definition) is 5. The van der Waals surface area contributed by atoms with Crippen molar-refractivity contribution in [3.05, 3.63) is 54.3 Å². The zero-order valence-electron chi connectivity index (χ0n) is 14.8. The van der Waals surface area contributed by atoms with Gasteiger partial charge in [-0.3, -0.25) is 14.6 Å². The number of nitrogens with one attached hydrogen (secondary N) is 1. The number of amides is 2. The van der Waals surface area contributed by atoms with Crippen molar-refractivity contribution < 1.29 is 18.7 Å². The van der Waals surface area contributed by atoms with Crippen molar-refractivity contribution in [3.8, 4) is 5.75 Å². The molecule has 6 nitrogen and oxygen atoms in total. The van der Waals surface area contributed by atoms with Crippen LogP contribution < -0.4 is 15.0 Å². The van der Waals surface area contributed by atoms with Crippen molar-refractivity contribution in [2.45, 2.75) is 11.7 Å². The topological polar surface area (TPSA) is 71.0 Å². The number of amidine groups is 1. The lowest BCUT2D eigenvalue weighted by molar-refractivity contribution is -0.121. The van der Waals surface area contributed by atoms with Crippen molar-refractivity contribution in [1.29, 1.82) is 0 Å². The van der Waals surface area contributed by atoms with Crippen molar-refractivity contribution >= 4 is 40.1 Å². The second-order valence-electron chi connectivity index (χ2n) is 5.74. The molecule has 1 saturated heterocycles. The highest BCUT2D eigenvalue weighted by Crippen LogP contribution is 2.31. The van der Waals surface area contributed by atoms with Crippen LogP contribution in [0.5, 0.6) is 5.75 Å². The molecule has 1 aliphatic heterocycles. The SMILES string of the molecule is CN=C(Nc1ccc(F)cc1)S[C@@H]1CC(=O)N(c2ccc(OC)cc2)C1=O. The minimum atomic E-state index is -0.578. The Bertz CT molecular complexity index is 869. The highest BCUT2D eigenvalue weighted by atomic mass is 32.2. The zero-order valence-corrected chi connectivity index (χ0v) is 15.6. The summed E-state index contributed by atoms with van der Waals surface area (Å²) in [5.74, 6) is -0.250. The molecule has 0 spiro atoms. The summed E-state index contributed by atoms with van der Waals surface area (Å²) in [7, 11) is 3.13. The second-order valence-corrected chi connectivity index (χ2v) is 6.93. The van der Waals surface area contributed by atoms with E-state index in [1.54, 1.807) is 50.6 Å². The molecule has 2 aromatic rings. The maximum absolute atomic E-state index is 13.0. The van der Waals surface area contributed by atoms with Gasteiger partial charge < -0.3 is 10.1 Å². The largest absolute Gasteiger partial charge is 0.497 e. The molecule has 0 unspecified atom stereocenters. The molecule has 0 aromatic heterocycles. The van der Waals surface area contributed by atoms with Gasteiger partial charge in [-0.05, 0) is 48.5 Å². The first-order valence-electron chi connectivity index (χ1n) is 8.18. The number of imide groups is 1. The van der Waals surface area contributed by atoms with Crippen LogP contribution in [0.1, 0.15) is 6.42 Å². The number of benzene rings is 2. The number of aliphatic imine (C=N–C) groups is 1. The number of rotatable bonds is 4. The minimum absolute atomic E-state index is 0.0830. The molecule has 1 N–H and O–H groups in total. The third kappa shape index (κ3) is 4.28. The Balaban J connectivity index is 1.70. The number of carbonyl (C=O) groups excluding carboxylic acids is 2. The van der Waals surface area contributed by atoms with Crippen LogP contribution >= 0.6 is 11.8 Å². The molecule has 3 rings (SSSR count). The summed E-state index contributed by atoms with van der Waals surface area (Å²) >= 11 is 1.18. The zero-order chi connectivity index (χ0) is 19.4. The van der Waals surface area contributed by atoms with E-state index in [2.05, 4.69) is 10.3 Å². The van der Waals surface area contributed by atoms with Crippen LogP contribution in [0, 0.1) is 5.82 Å². The van der Waals surface area contributed by atoms with E-state index in [0.29, 0.717) is 22.3 Å². The van der Waals surface area contributed by atoms with Crippen molar-refractivity contribution in [3.63, 3.8) is 0 Å². The summed E-state index contributed by atoms with van der Waals surface area (Å²) in [5, 5.41) is 2.93. The Hall–Kier alpha value is -2.87. The van der Waals surface area contributed by atoms with Crippen molar-refractivity contribution in [2.24, 2.45) is 4.99 Å². The molecule has 1 atom stereocenters. The van der Waals surface area contributed by atoms with Gasteiger partial charge in [0.05, 0.1) is 12.8 Å². The average molecular weight is 387 g/mol. The van der Waals surface area contributed by atoms with E-state index in [1.165, 1.54) is 28.8 Å². The van der Waals surface area contributed by atoms with Gasteiger partial charge >= 0.3 is 0 Å². The van der Waals surface area contributed by atoms with E-state index in [-0.39, 0.29) is 24.1 Å². The highest BCUT2D eigenvalue weighted by Gasteiger charge is 2.40. The third-order valence-electron chi connectivity index (χ3n) is 3.99. The first-order valence-corrected chi connectivity index (χ1v) is 9.06. The number of halogens is 1. The van der Waals surface area contributed by atoms with Crippen LogP contribution in [0.15, 0.2) is 53.5 Å². The quantitative estimate of drug-likeness (QED) is 0.495. The van der Waals surface area contributed by atoms with Gasteiger partial charge in [0, 0.05) is 19.2 Å². The van der Waals surface area contributed by atoms with Gasteiger partial charge in [0.15, 0.2) is 5.17 Å². The molecule has 0 radical (unpaired) electrons. The van der Waals surface area contributed by atoms with Crippen LogP contribution in [-0.4, -0.2) is 36.4 Å². The minimum Gasteiger partial charge on any atom is -0.497 e. The second kappa shape index (κ2) is 8.22. The lowest BCUT2D eigenvalue weighted by Crippen LogP contribution is -2.31. The van der Waals surface area contributed by atoms with E-state index in [4.69, 9.17) is 4.74 Å². The molecule has 1 fully saturated rings. The lowest BCUT2D eigenvalue weighted by atomic mass is 10.3. The first-order chi connectivity index (χ1) is 13.0. The lowest BCUT2D eigenvalue weighted by Gasteiger charge is -2.16. The molecule has 8 heteroatoms. The molecular weight excluding hydrogens is 369 g/mol. The van der Waals surface area contributed by atoms with E-state index in [1.807, 2.05) is 0 Å². The predicted octanol–water partition coefficient (Wildman–Crippen LogP) is 3.30. The summed E-state index contributed by atoms with van der Waals surface area (Å²) < 4.78 is 18.1. The molecule has 1 aliphatic rings. The molecule has 0 saturated carbocycles. The van der Waals surface area contributed by atoms with Crippen LogP contribution in [0.4, 0.5) is 15.8 Å². The maximum Gasteiger partial charge on any atom is 0.247 e. The summed E-state index contributed by atoms with van der Waals surface area (Å²) in [6.07, 6.45) is 0.0830. The summed E-state index contributed by atoms with van der Waals surface area (Å²) in [6.45, 7) is 0. The number of nitrogens with zero attached hydrogens (tertiary/aromatic N) is 2. The van der Waals surface area contributed by atoms with Gasteiger partial charge in [0.25, 0.3) is 0 Å². The summed E-state index contributed by atoms with van der Waals surface area (Å²) in [6, 6.07) is 12.6. The van der Waals surface area contributed by atoms with Crippen molar-refractivity contribution in [1.82, 2.24) is 0 Å². The highest BCUT2D eigenvalue weighted by molar-refractivity contribution is 8.15. The van der Waals surface area contributed by atoms with Gasteiger partial charge in [0.1, 0.15) is 16.8 Å². The van der Waals surface area contributed by atoms with E-state index < -0.39 is 5.25 Å². The van der Waals surface area contributed by atoms with E-state index in [9.17, 15) is 14.0 Å². The standard InChI is InChI=1S/C19H18FN3O3S/c1-21-19(22-13-5-3-12(20)4-6-13)27-16-11-17(24)23(18(16)25)14-7-9-15(26-2)10-8-14/h3-10,16H,11H2,1-2H3,(H,21,22)/t16-/m1/s1. The number of ether oxygens (including phenoxy) is 1. The van der Waals surface area contributed by atoms with Gasteiger partial charge in [0.2, 0.25) is 11.8 Å². The number of thioether (sulfide) groups is 1. The fourth-order valence-corrected chi connectivity index (χ4v) is 3.61. The van der Waals surface area contributed by atoms with Crippen LogP contribution in [0.2, 0.25) is 0 Å². The smallest absolute Gasteiger partial charge is 0.247 e. The Morgan fingerprint density at radius 2 is 1.85 bits per heavy atom. The number of methoxy groups -OCH3 is 1. The van der Waals surface area contributed by atoms with E-state index in [0.717, 1.165) is 0 Å². The average Bonchev–Trinajstić information content (AvgIpc) is 2.96. The van der Waals surface area contributed by atoms with Crippen LogP contribution in [0.3, 0.4) is 0 Å². The molecule has 2 amide bonds. The van der Waals surface area contributed by atoms with Crippen molar-refractivity contribution in [2.75, 3.05) is 24.4 Å². The molecule has 140 valence electrons. The van der Waals surface area contributed by atoms with Gasteiger partial charge in [-0.2, -0.15) is 0 Å². The fourth-order valence-electron chi connectivity index (χ4n) is 2.63. The Morgan fingerprint density at radius 1 is 1.19 bits per heavy atom. The first kappa shape index (κ1) is 18.9. The molecule has 0 aliphatic carbocycles. The molecule has 0 bridgehead atoms. The normalized spacial score (nSPS) is 17.4. The Morgan fingerprint density at radius 3 is 2.44 bits per heavy atom. The monoisotopic (exact) mass is 387 g/mol. The fraction of sp³-hybridized carbons (Fsp3) is 0.211. The van der Waals surface area contributed by atoms with Gasteiger partial charge in [-0.25, -0.2) is 9.29 Å². The number of hydrogen-bond donors (Lipinski definition) is 1. The summed E-state index contributed by atoms with van der Waals surface area (Å²) in [5.41, 5.74) is 1.16. The Labute approximate surface area is 160 Å². The number of carbonyl (C=O) groups is 2. The predicted molar refractivity (Wildman–Crippen MR) is 105 cm³/mol. The van der Waals surface area contributed by atoms with Crippen LogP contribution in [0.25, 0.3) is 0 Å². The Kier molecular flexibility index (Phi) is 5.75.